The molecule has 0 unspecified atom stereocenters. The van der Waals surface area contributed by atoms with Crippen LogP contribution in [0.25, 0.3) is 0 Å². The van der Waals surface area contributed by atoms with Crippen LogP contribution < -0.4 is 4.90 Å². The highest BCUT2D eigenvalue weighted by Gasteiger charge is 2.23. The number of rotatable bonds is 2. The molecule has 84 valence electrons. The van der Waals surface area contributed by atoms with Gasteiger partial charge in [0.25, 0.3) is 5.69 Å². The predicted molar refractivity (Wildman–Crippen MR) is 59.7 cm³/mol. The fourth-order valence-electron chi connectivity index (χ4n) is 1.74. The van der Waals surface area contributed by atoms with E-state index in [9.17, 15) is 14.9 Å². The van der Waals surface area contributed by atoms with Crippen LogP contribution >= 0.6 is 11.6 Å². The third-order valence-electron chi connectivity index (χ3n) is 2.46. The van der Waals surface area contributed by atoms with Crippen LogP contribution in [0.3, 0.4) is 0 Å². The summed E-state index contributed by atoms with van der Waals surface area (Å²) in [4.78, 5) is 23.1. The Kier molecular flexibility index (Phi) is 2.78. The monoisotopic (exact) mass is 240 g/mol. The summed E-state index contributed by atoms with van der Waals surface area (Å²) in [5.41, 5.74) is 0.406. The molecule has 1 aliphatic rings. The highest BCUT2D eigenvalue weighted by molar-refractivity contribution is 6.31. The van der Waals surface area contributed by atoms with E-state index in [1.54, 1.807) is 6.07 Å². The molecule has 5 nitrogen and oxygen atoms in total. The molecule has 0 aromatic heterocycles. The summed E-state index contributed by atoms with van der Waals surface area (Å²) in [6, 6.07) is 4.21. The van der Waals surface area contributed by atoms with Crippen LogP contribution in [0.1, 0.15) is 12.8 Å². The number of halogens is 1. The van der Waals surface area contributed by atoms with Gasteiger partial charge in [-0.1, -0.05) is 11.6 Å². The number of carbonyl (C=O) groups is 1. The standard InChI is InChI=1S/C10H9ClN2O3/c11-7-4-8(6-9(5-7)13(15)16)12-3-1-2-10(12)14/h4-6H,1-3H2. The molecule has 0 spiro atoms. The van der Waals surface area contributed by atoms with Crippen LogP contribution in [-0.2, 0) is 4.79 Å². The first-order valence-corrected chi connectivity index (χ1v) is 5.21. The molecule has 0 bridgehead atoms. The molecule has 1 aliphatic heterocycles. The van der Waals surface area contributed by atoms with Gasteiger partial charge in [-0.05, 0) is 12.5 Å². The van der Waals surface area contributed by atoms with Crippen molar-refractivity contribution in [3.8, 4) is 0 Å². The maximum atomic E-state index is 11.5. The van der Waals surface area contributed by atoms with E-state index >= 15 is 0 Å². The van der Waals surface area contributed by atoms with Gasteiger partial charge in [-0.15, -0.1) is 0 Å². The molecule has 2 rings (SSSR count). The molecule has 1 fully saturated rings. The van der Waals surface area contributed by atoms with Gasteiger partial charge >= 0.3 is 0 Å². The van der Waals surface area contributed by atoms with E-state index in [1.165, 1.54) is 17.0 Å². The zero-order valence-corrected chi connectivity index (χ0v) is 9.11. The highest BCUT2D eigenvalue weighted by Crippen LogP contribution is 2.29. The normalized spacial score (nSPS) is 15.6. The number of carbonyl (C=O) groups excluding carboxylic acids is 1. The summed E-state index contributed by atoms with van der Waals surface area (Å²) < 4.78 is 0. The maximum absolute atomic E-state index is 11.5. The maximum Gasteiger partial charge on any atom is 0.273 e. The van der Waals surface area contributed by atoms with Crippen LogP contribution in [0.4, 0.5) is 11.4 Å². The number of hydrogen-bond donors (Lipinski definition) is 0. The van der Waals surface area contributed by atoms with Crippen LogP contribution in [0, 0.1) is 10.1 Å². The van der Waals surface area contributed by atoms with Gasteiger partial charge in [0.05, 0.1) is 10.6 Å². The molecular formula is C10H9ClN2O3. The minimum absolute atomic E-state index is 0.0171. The van der Waals surface area contributed by atoms with Gasteiger partial charge in [0.1, 0.15) is 0 Å². The second-order valence-corrected chi connectivity index (χ2v) is 4.01. The van der Waals surface area contributed by atoms with Crippen LogP contribution in [-0.4, -0.2) is 17.4 Å². The van der Waals surface area contributed by atoms with E-state index in [0.29, 0.717) is 18.7 Å². The summed E-state index contributed by atoms with van der Waals surface area (Å²) in [5.74, 6) is -0.0171. The van der Waals surface area contributed by atoms with Crippen LogP contribution in [0.5, 0.6) is 0 Å². The second-order valence-electron chi connectivity index (χ2n) is 3.57. The Morgan fingerprint density at radius 2 is 2.12 bits per heavy atom. The molecule has 0 atom stereocenters. The predicted octanol–water partition coefficient (Wildman–Crippen LogP) is 2.38. The average Bonchev–Trinajstić information content (AvgIpc) is 2.63. The fraction of sp³-hybridized carbons (Fsp3) is 0.300. The first-order chi connectivity index (χ1) is 7.58. The summed E-state index contributed by atoms with van der Waals surface area (Å²) in [5, 5.41) is 10.9. The second kappa shape index (κ2) is 4.09. The Hall–Kier alpha value is -1.62. The first-order valence-electron chi connectivity index (χ1n) is 4.83. The van der Waals surface area contributed by atoms with Gasteiger partial charge in [-0.25, -0.2) is 0 Å². The Bertz CT molecular complexity index is 461. The van der Waals surface area contributed by atoms with E-state index < -0.39 is 4.92 Å². The largest absolute Gasteiger partial charge is 0.312 e. The number of non-ortho nitro benzene ring substituents is 1. The zero-order chi connectivity index (χ0) is 11.7. The molecule has 1 saturated heterocycles. The first kappa shape index (κ1) is 10.9. The lowest BCUT2D eigenvalue weighted by Gasteiger charge is -2.15. The number of amides is 1. The van der Waals surface area contributed by atoms with Crippen molar-refractivity contribution in [1.82, 2.24) is 0 Å². The van der Waals surface area contributed by atoms with Crippen molar-refractivity contribution in [2.45, 2.75) is 12.8 Å². The van der Waals surface area contributed by atoms with Crippen molar-refractivity contribution < 1.29 is 9.72 Å². The Labute approximate surface area is 96.8 Å². The van der Waals surface area contributed by atoms with Gasteiger partial charge < -0.3 is 4.90 Å². The molecule has 1 amide bonds. The van der Waals surface area contributed by atoms with Gasteiger partial charge in [0.2, 0.25) is 5.91 Å². The third kappa shape index (κ3) is 1.99. The molecule has 1 heterocycles. The lowest BCUT2D eigenvalue weighted by molar-refractivity contribution is -0.384. The number of anilines is 1. The highest BCUT2D eigenvalue weighted by atomic mass is 35.5. The van der Waals surface area contributed by atoms with Crippen molar-refractivity contribution in [1.29, 1.82) is 0 Å². The zero-order valence-electron chi connectivity index (χ0n) is 8.35. The summed E-state index contributed by atoms with van der Waals surface area (Å²) >= 11 is 5.78. The quantitative estimate of drug-likeness (QED) is 0.589. The van der Waals surface area contributed by atoms with Crippen molar-refractivity contribution in [2.75, 3.05) is 11.4 Å². The molecule has 1 aromatic carbocycles. The van der Waals surface area contributed by atoms with Crippen molar-refractivity contribution in [3.63, 3.8) is 0 Å². The van der Waals surface area contributed by atoms with Crippen LogP contribution in [0.15, 0.2) is 18.2 Å². The minimum atomic E-state index is -0.518. The van der Waals surface area contributed by atoms with Crippen molar-refractivity contribution in [2.24, 2.45) is 0 Å². The SMILES string of the molecule is O=C1CCCN1c1cc(Cl)cc([N+](=O)[O-])c1. The third-order valence-corrected chi connectivity index (χ3v) is 2.68. The summed E-state index contributed by atoms with van der Waals surface area (Å²) in [6.07, 6.45) is 1.26. The van der Waals surface area contributed by atoms with Gasteiger partial charge in [0.15, 0.2) is 0 Å². The Morgan fingerprint density at radius 1 is 1.38 bits per heavy atom. The lowest BCUT2D eigenvalue weighted by Crippen LogP contribution is -2.23. The summed E-state index contributed by atoms with van der Waals surface area (Å²) in [7, 11) is 0. The van der Waals surface area contributed by atoms with Gasteiger partial charge in [-0.3, -0.25) is 14.9 Å². The van der Waals surface area contributed by atoms with E-state index in [-0.39, 0.29) is 16.6 Å². The van der Waals surface area contributed by atoms with Gasteiger partial charge in [-0.2, -0.15) is 0 Å². The van der Waals surface area contributed by atoms with Gasteiger partial charge in [0, 0.05) is 30.1 Å². The van der Waals surface area contributed by atoms with Crippen LogP contribution in [0.2, 0.25) is 5.02 Å². The Balaban J connectivity index is 2.40. The number of nitrogens with zero attached hydrogens (tertiary/aromatic N) is 2. The molecule has 0 N–H and O–H groups in total. The number of benzene rings is 1. The van der Waals surface area contributed by atoms with E-state index in [0.717, 1.165) is 6.42 Å². The number of nitro benzene ring substituents is 1. The van der Waals surface area contributed by atoms with Crippen molar-refractivity contribution in [3.05, 3.63) is 33.3 Å². The van der Waals surface area contributed by atoms with E-state index in [2.05, 4.69) is 0 Å². The van der Waals surface area contributed by atoms with E-state index in [4.69, 9.17) is 11.6 Å². The molecule has 0 saturated carbocycles. The van der Waals surface area contributed by atoms with Crippen molar-refractivity contribution >= 4 is 28.9 Å². The molecule has 0 aliphatic carbocycles. The Morgan fingerprint density at radius 3 is 2.69 bits per heavy atom. The lowest BCUT2D eigenvalue weighted by atomic mass is 10.2. The summed E-state index contributed by atoms with van der Waals surface area (Å²) in [6.45, 7) is 0.594. The molecule has 16 heavy (non-hydrogen) atoms. The molecule has 1 aromatic rings. The van der Waals surface area contributed by atoms with E-state index in [1.807, 2.05) is 0 Å². The average molecular weight is 241 g/mol. The molecular weight excluding hydrogens is 232 g/mol. The fourth-order valence-corrected chi connectivity index (χ4v) is 1.97. The molecule has 0 radical (unpaired) electrons. The number of nitro groups is 1. The topological polar surface area (TPSA) is 63.5 Å². The smallest absolute Gasteiger partial charge is 0.273 e. The minimum Gasteiger partial charge on any atom is -0.312 e. The molecule has 6 heteroatoms. The number of hydrogen-bond acceptors (Lipinski definition) is 3.